The van der Waals surface area contributed by atoms with Crippen LogP contribution in [0.15, 0.2) is 60.7 Å². The Morgan fingerprint density at radius 2 is 1.45 bits per heavy atom. The molecule has 104 valence electrons. The minimum atomic E-state index is -2.63. The fourth-order valence-electron chi connectivity index (χ4n) is 1.85. The normalized spacial score (nSPS) is 11.3. The summed E-state index contributed by atoms with van der Waals surface area (Å²) in [7, 11) is -0.757. The molecular weight excluding hydrogens is 429 g/mol. The van der Waals surface area contributed by atoms with Crippen LogP contribution in [-0.2, 0) is 0 Å². The van der Waals surface area contributed by atoms with Crippen LogP contribution in [0.4, 0.5) is 0 Å². The van der Waals surface area contributed by atoms with Crippen LogP contribution in [0.3, 0.4) is 0 Å². The molecule has 0 aromatic heterocycles. The number of benzene rings is 2. The first-order valence-electron chi connectivity index (χ1n) is 6.32. The molecule has 0 radical (unpaired) electrons. The first-order chi connectivity index (χ1) is 9.66. The number of hydrogen-bond acceptors (Lipinski definition) is 3. The van der Waals surface area contributed by atoms with Gasteiger partial charge in [-0.25, -0.2) is 0 Å². The molecule has 2 aromatic rings. The molecule has 0 amide bonds. The van der Waals surface area contributed by atoms with Gasteiger partial charge in [-0.15, -0.1) is 0 Å². The third kappa shape index (κ3) is 4.13. The van der Waals surface area contributed by atoms with E-state index < -0.39 is 10.3 Å². The average molecular weight is 444 g/mol. The SMILES string of the molecule is CCSC(=S)[S][Ge]([Br])([c]1ccccc1)[c]1ccccc1. The summed E-state index contributed by atoms with van der Waals surface area (Å²) in [5.41, 5.74) is 0. The van der Waals surface area contributed by atoms with Crippen LogP contribution in [0.25, 0.3) is 0 Å². The van der Waals surface area contributed by atoms with Crippen LogP contribution in [-0.4, -0.2) is 19.6 Å². The Hall–Kier alpha value is 0.253. The molecule has 0 nitrogen and oxygen atoms in total. The standard InChI is InChI=1S/C15H15BrGeS3/c1-2-19-15(18)20-17(16,13-9-5-3-6-10-13)14-11-7-4-8-12-14/h3-12H,2H2,1H3. The molecule has 0 aliphatic carbocycles. The topological polar surface area (TPSA) is 0 Å². The Kier molecular flexibility index (Phi) is 6.68. The molecule has 0 unspecified atom stereocenters. The monoisotopic (exact) mass is 444 g/mol. The van der Waals surface area contributed by atoms with Crippen molar-refractivity contribution in [2.75, 3.05) is 5.75 Å². The summed E-state index contributed by atoms with van der Waals surface area (Å²) < 4.78 is 3.82. The zero-order valence-electron chi connectivity index (χ0n) is 11.1. The summed E-state index contributed by atoms with van der Waals surface area (Å²) >= 11 is 11.4. The Bertz CT molecular complexity index is 520. The predicted octanol–water partition coefficient (Wildman–Crippen LogP) is 4.41. The van der Waals surface area contributed by atoms with Gasteiger partial charge in [-0.05, 0) is 0 Å². The van der Waals surface area contributed by atoms with E-state index in [1.54, 1.807) is 11.8 Å². The molecule has 0 atom stereocenters. The summed E-state index contributed by atoms with van der Waals surface area (Å²) in [5, 5.41) is 0. The Balaban J connectivity index is 2.41. The van der Waals surface area contributed by atoms with Crippen LogP contribution in [0.1, 0.15) is 6.92 Å². The first-order valence-corrected chi connectivity index (χ1v) is 18.1. The van der Waals surface area contributed by atoms with Crippen molar-refractivity contribution >= 4 is 70.7 Å². The zero-order chi connectivity index (χ0) is 14.4. The van der Waals surface area contributed by atoms with Crippen LogP contribution in [0, 0.1) is 0 Å². The first kappa shape index (κ1) is 16.6. The van der Waals surface area contributed by atoms with Crippen LogP contribution < -0.4 is 8.79 Å². The number of hydrogen-bond donors (Lipinski definition) is 0. The van der Waals surface area contributed by atoms with Crippen molar-refractivity contribution in [3.05, 3.63) is 60.7 Å². The number of halogens is 1. The second kappa shape index (κ2) is 8.04. The Morgan fingerprint density at radius 1 is 1.00 bits per heavy atom. The predicted molar refractivity (Wildman–Crippen MR) is 105 cm³/mol. The molecular formula is C15H15BrGeS3. The van der Waals surface area contributed by atoms with Crippen molar-refractivity contribution in [3.63, 3.8) is 0 Å². The summed E-state index contributed by atoms with van der Waals surface area (Å²) in [5.74, 6) is 1.03. The Morgan fingerprint density at radius 3 is 1.85 bits per heavy atom. The number of thioether (sulfide) groups is 1. The van der Waals surface area contributed by atoms with Crippen molar-refractivity contribution < 1.29 is 0 Å². The van der Waals surface area contributed by atoms with E-state index in [9.17, 15) is 0 Å². The molecule has 0 aliphatic rings. The molecule has 0 saturated heterocycles. The van der Waals surface area contributed by atoms with Crippen molar-refractivity contribution in [3.8, 4) is 0 Å². The molecule has 0 N–H and O–H groups in total. The molecule has 2 aromatic carbocycles. The quantitative estimate of drug-likeness (QED) is 0.507. The zero-order valence-corrected chi connectivity index (χ0v) is 17.2. The summed E-state index contributed by atoms with van der Waals surface area (Å²) in [6.07, 6.45) is 0. The maximum absolute atomic E-state index is 5.54. The Labute approximate surface area is 143 Å². The van der Waals surface area contributed by atoms with Crippen molar-refractivity contribution in [1.29, 1.82) is 0 Å². The van der Waals surface area contributed by atoms with Crippen LogP contribution >= 0.6 is 48.1 Å². The molecule has 5 heteroatoms. The van der Waals surface area contributed by atoms with Crippen molar-refractivity contribution in [2.24, 2.45) is 0 Å². The van der Waals surface area contributed by atoms with Gasteiger partial charge in [0, 0.05) is 0 Å². The maximum atomic E-state index is 5.54. The molecule has 0 fully saturated rings. The van der Waals surface area contributed by atoms with Gasteiger partial charge in [0.15, 0.2) is 0 Å². The number of thiocarbonyl (C=S) groups is 1. The molecule has 20 heavy (non-hydrogen) atoms. The molecule has 0 bridgehead atoms. The van der Waals surface area contributed by atoms with Gasteiger partial charge >= 0.3 is 144 Å². The van der Waals surface area contributed by atoms with Gasteiger partial charge in [-0.3, -0.25) is 0 Å². The van der Waals surface area contributed by atoms with Gasteiger partial charge in [-0.2, -0.15) is 0 Å². The fourth-order valence-corrected chi connectivity index (χ4v) is 24.8. The fraction of sp³-hybridized carbons (Fsp3) is 0.133. The van der Waals surface area contributed by atoms with Gasteiger partial charge in [-0.1, -0.05) is 0 Å². The molecule has 0 spiro atoms. The average Bonchev–Trinajstić information content (AvgIpc) is 2.49. The molecule has 0 saturated carbocycles. The van der Waals surface area contributed by atoms with Gasteiger partial charge < -0.3 is 0 Å². The minimum absolute atomic E-state index is 1.03. The van der Waals surface area contributed by atoms with E-state index >= 15 is 0 Å². The van der Waals surface area contributed by atoms with Crippen LogP contribution in [0.2, 0.25) is 0 Å². The molecule has 0 heterocycles. The summed E-state index contributed by atoms with van der Waals surface area (Å²) in [4.78, 5) is 0. The second-order valence-electron chi connectivity index (χ2n) is 4.11. The van der Waals surface area contributed by atoms with Gasteiger partial charge in [0.05, 0.1) is 0 Å². The van der Waals surface area contributed by atoms with E-state index in [0.717, 1.165) is 9.28 Å². The van der Waals surface area contributed by atoms with Crippen molar-refractivity contribution in [1.82, 2.24) is 0 Å². The number of rotatable bonds is 4. The van der Waals surface area contributed by atoms with E-state index in [-0.39, 0.29) is 0 Å². The summed E-state index contributed by atoms with van der Waals surface area (Å²) in [6.45, 7) is 2.14. The molecule has 2 rings (SSSR count). The van der Waals surface area contributed by atoms with Gasteiger partial charge in [0.1, 0.15) is 0 Å². The van der Waals surface area contributed by atoms with Crippen LogP contribution in [0.5, 0.6) is 0 Å². The third-order valence-electron chi connectivity index (χ3n) is 2.78. The van der Waals surface area contributed by atoms with Gasteiger partial charge in [0.25, 0.3) is 0 Å². The third-order valence-corrected chi connectivity index (χ3v) is 24.1. The van der Waals surface area contributed by atoms with E-state index in [4.69, 9.17) is 12.2 Å². The van der Waals surface area contributed by atoms with Gasteiger partial charge in [0.2, 0.25) is 0 Å². The molecule has 0 aliphatic heterocycles. The van der Waals surface area contributed by atoms with E-state index in [1.807, 2.05) is 10.1 Å². The van der Waals surface area contributed by atoms with E-state index in [2.05, 4.69) is 81.6 Å². The summed E-state index contributed by atoms with van der Waals surface area (Å²) in [6, 6.07) is 21.4. The van der Waals surface area contributed by atoms with E-state index in [1.165, 1.54) is 8.79 Å². The second-order valence-corrected chi connectivity index (χ2v) is 25.5. The van der Waals surface area contributed by atoms with Crippen molar-refractivity contribution in [2.45, 2.75) is 6.92 Å². The van der Waals surface area contributed by atoms with E-state index in [0.29, 0.717) is 0 Å².